The van der Waals surface area contributed by atoms with Gasteiger partial charge in [-0.25, -0.2) is 4.68 Å². The second kappa shape index (κ2) is 7.86. The molecule has 3 aromatic rings. The van der Waals surface area contributed by atoms with Gasteiger partial charge in [-0.15, -0.1) is 0 Å². The summed E-state index contributed by atoms with van der Waals surface area (Å²) in [5.74, 6) is 2.75. The Balaban J connectivity index is 1.77. The minimum absolute atomic E-state index is 0.161. The minimum Gasteiger partial charge on any atom is -0.497 e. The number of carbonyl (C=O) groups excluding carboxylic acids is 1. The Morgan fingerprint density at radius 3 is 2.56 bits per heavy atom. The fourth-order valence-corrected chi connectivity index (χ4v) is 4.96. The molecule has 5 rings (SSSR count). The predicted octanol–water partition coefficient (Wildman–Crippen LogP) is 5.14. The number of ether oxygens (including phenoxy) is 2. The highest BCUT2D eigenvalue weighted by Gasteiger charge is 2.40. The molecule has 0 spiro atoms. The highest BCUT2D eigenvalue weighted by atomic mass is 16.5. The maximum Gasteiger partial charge on any atom is 0.163 e. The molecule has 1 N–H and O–H groups in total. The van der Waals surface area contributed by atoms with Gasteiger partial charge < -0.3 is 14.8 Å². The van der Waals surface area contributed by atoms with Crippen molar-refractivity contribution in [3.8, 4) is 22.6 Å². The number of fused-ring (bicyclic) bond motifs is 1. The number of rotatable bonds is 4. The van der Waals surface area contributed by atoms with Gasteiger partial charge in [-0.1, -0.05) is 37.3 Å². The number of aromatic nitrogens is 2. The number of carbonyl (C=O) groups is 1. The zero-order chi connectivity index (χ0) is 22.4. The van der Waals surface area contributed by atoms with Crippen LogP contribution in [0, 0.1) is 12.8 Å². The first-order valence-electron chi connectivity index (χ1n) is 10.9. The summed E-state index contributed by atoms with van der Waals surface area (Å²) in [5.41, 5.74) is 5.73. The summed E-state index contributed by atoms with van der Waals surface area (Å²) in [6, 6.07) is 15.6. The molecule has 6 nitrogen and oxygen atoms in total. The van der Waals surface area contributed by atoms with Crippen molar-refractivity contribution >= 4 is 11.6 Å². The molecule has 32 heavy (non-hydrogen) atoms. The Bertz CT molecular complexity index is 1230. The van der Waals surface area contributed by atoms with E-state index in [1.54, 1.807) is 14.2 Å². The summed E-state index contributed by atoms with van der Waals surface area (Å²) in [4.78, 5) is 13.3. The SMILES string of the molecule is COc1ccc([C@@H]2C3=C(C[C@@H](C)CC3=O)Nc3c(-c4ccccc4)c(C)nn32)c(OC)c1. The first kappa shape index (κ1) is 20.4. The van der Waals surface area contributed by atoms with E-state index < -0.39 is 0 Å². The third-order valence-corrected chi connectivity index (χ3v) is 6.38. The van der Waals surface area contributed by atoms with Crippen molar-refractivity contribution in [1.82, 2.24) is 9.78 Å². The average molecular weight is 430 g/mol. The Labute approximate surface area is 187 Å². The molecule has 0 saturated heterocycles. The third-order valence-electron chi connectivity index (χ3n) is 6.38. The Morgan fingerprint density at radius 1 is 1.06 bits per heavy atom. The van der Waals surface area contributed by atoms with Crippen LogP contribution in [-0.4, -0.2) is 29.8 Å². The summed E-state index contributed by atoms with van der Waals surface area (Å²) in [6.45, 7) is 4.14. The predicted molar refractivity (Wildman–Crippen MR) is 124 cm³/mol. The highest BCUT2D eigenvalue weighted by molar-refractivity contribution is 6.00. The van der Waals surface area contributed by atoms with Gasteiger partial charge in [0, 0.05) is 34.9 Å². The van der Waals surface area contributed by atoms with E-state index in [9.17, 15) is 4.79 Å². The van der Waals surface area contributed by atoms with Crippen molar-refractivity contribution in [2.24, 2.45) is 5.92 Å². The van der Waals surface area contributed by atoms with Crippen molar-refractivity contribution in [3.63, 3.8) is 0 Å². The van der Waals surface area contributed by atoms with Crippen molar-refractivity contribution < 1.29 is 14.3 Å². The lowest BCUT2D eigenvalue weighted by atomic mass is 9.81. The molecule has 0 amide bonds. The molecule has 2 atom stereocenters. The average Bonchev–Trinajstić information content (AvgIpc) is 3.13. The van der Waals surface area contributed by atoms with Crippen LogP contribution in [-0.2, 0) is 4.79 Å². The van der Waals surface area contributed by atoms with Crippen LogP contribution >= 0.6 is 0 Å². The number of methoxy groups -OCH3 is 2. The molecule has 0 saturated carbocycles. The van der Waals surface area contributed by atoms with E-state index in [1.807, 2.05) is 48.0 Å². The first-order chi connectivity index (χ1) is 15.5. The van der Waals surface area contributed by atoms with Crippen LogP contribution in [0.4, 0.5) is 5.82 Å². The van der Waals surface area contributed by atoms with E-state index in [0.29, 0.717) is 23.8 Å². The van der Waals surface area contributed by atoms with Gasteiger partial charge in [-0.3, -0.25) is 4.79 Å². The monoisotopic (exact) mass is 429 g/mol. The molecule has 0 fully saturated rings. The van der Waals surface area contributed by atoms with Crippen molar-refractivity contribution in [2.45, 2.75) is 32.7 Å². The summed E-state index contributed by atoms with van der Waals surface area (Å²) >= 11 is 0. The molecule has 6 heteroatoms. The normalized spacial score (nSPS) is 19.8. The molecular weight excluding hydrogens is 402 g/mol. The van der Waals surface area contributed by atoms with Crippen LogP contribution < -0.4 is 14.8 Å². The van der Waals surface area contributed by atoms with Crippen LogP contribution in [0.5, 0.6) is 11.5 Å². The lowest BCUT2D eigenvalue weighted by molar-refractivity contribution is -0.117. The number of aryl methyl sites for hydroxylation is 1. The lowest BCUT2D eigenvalue weighted by Crippen LogP contribution is -2.33. The molecule has 164 valence electrons. The van der Waals surface area contributed by atoms with Crippen LogP contribution in [0.1, 0.15) is 37.1 Å². The molecule has 0 unspecified atom stereocenters. The summed E-state index contributed by atoms with van der Waals surface area (Å²) in [7, 11) is 3.27. The molecule has 1 aliphatic carbocycles. The molecule has 2 heterocycles. The second-order valence-corrected chi connectivity index (χ2v) is 8.58. The number of ketones is 1. The number of nitrogens with zero attached hydrogens (tertiary/aromatic N) is 2. The van der Waals surface area contributed by atoms with Crippen LogP contribution in [0.3, 0.4) is 0 Å². The van der Waals surface area contributed by atoms with Gasteiger partial charge >= 0.3 is 0 Å². The van der Waals surface area contributed by atoms with Crippen molar-refractivity contribution in [3.05, 3.63) is 71.1 Å². The van der Waals surface area contributed by atoms with E-state index in [0.717, 1.165) is 45.9 Å². The van der Waals surface area contributed by atoms with Gasteiger partial charge in [0.25, 0.3) is 0 Å². The maximum absolute atomic E-state index is 13.3. The smallest absolute Gasteiger partial charge is 0.163 e. The van der Waals surface area contributed by atoms with E-state index in [-0.39, 0.29) is 11.8 Å². The number of nitrogens with one attached hydrogen (secondary N) is 1. The topological polar surface area (TPSA) is 65.4 Å². The van der Waals surface area contributed by atoms with Gasteiger partial charge in [-0.05, 0) is 37.0 Å². The number of anilines is 1. The molecule has 1 aliphatic heterocycles. The standard InChI is InChI=1S/C26H27N3O3/c1-15-12-20-24(21(30)13-15)25(19-11-10-18(31-3)14-22(19)32-4)29-26(27-20)23(16(2)28-29)17-8-6-5-7-9-17/h5-11,14-15,25,27H,12-13H2,1-4H3/t15-,25-/m1/s1. The summed E-state index contributed by atoms with van der Waals surface area (Å²) in [6.07, 6.45) is 1.37. The van der Waals surface area contributed by atoms with Gasteiger partial charge in [0.2, 0.25) is 0 Å². The molecular formula is C26H27N3O3. The van der Waals surface area contributed by atoms with E-state index in [2.05, 4.69) is 24.4 Å². The fraction of sp³-hybridized carbons (Fsp3) is 0.308. The molecule has 0 bridgehead atoms. The zero-order valence-electron chi connectivity index (χ0n) is 18.8. The maximum atomic E-state index is 13.3. The Morgan fingerprint density at radius 2 is 1.84 bits per heavy atom. The Kier molecular flexibility index (Phi) is 5.00. The molecule has 1 aromatic heterocycles. The molecule has 2 aromatic carbocycles. The second-order valence-electron chi connectivity index (χ2n) is 8.58. The van der Waals surface area contributed by atoms with Gasteiger partial charge in [0.15, 0.2) is 5.78 Å². The van der Waals surface area contributed by atoms with E-state index in [4.69, 9.17) is 14.6 Å². The van der Waals surface area contributed by atoms with Gasteiger partial charge in [-0.2, -0.15) is 5.10 Å². The van der Waals surface area contributed by atoms with Crippen LogP contribution in [0.15, 0.2) is 59.8 Å². The first-order valence-corrected chi connectivity index (χ1v) is 10.9. The number of hydrogen-bond acceptors (Lipinski definition) is 5. The van der Waals surface area contributed by atoms with Gasteiger partial charge in [0.1, 0.15) is 23.4 Å². The van der Waals surface area contributed by atoms with Crippen LogP contribution in [0.2, 0.25) is 0 Å². The fourth-order valence-electron chi connectivity index (χ4n) is 4.96. The summed E-state index contributed by atoms with van der Waals surface area (Å²) < 4.78 is 13.1. The molecule has 2 aliphatic rings. The van der Waals surface area contributed by atoms with Crippen molar-refractivity contribution in [2.75, 3.05) is 19.5 Å². The summed E-state index contributed by atoms with van der Waals surface area (Å²) in [5, 5.41) is 8.53. The number of benzene rings is 2. The number of hydrogen-bond donors (Lipinski definition) is 1. The minimum atomic E-state index is -0.363. The van der Waals surface area contributed by atoms with Gasteiger partial charge in [0.05, 0.1) is 19.9 Å². The Hall–Kier alpha value is -3.54. The largest absolute Gasteiger partial charge is 0.497 e. The number of Topliss-reactive ketones (excluding diaryl/α,β-unsaturated/α-hetero) is 1. The third kappa shape index (κ3) is 3.18. The number of allylic oxidation sites excluding steroid dienone is 2. The highest BCUT2D eigenvalue weighted by Crippen LogP contribution is 2.47. The van der Waals surface area contributed by atoms with Crippen LogP contribution in [0.25, 0.3) is 11.1 Å². The lowest BCUT2D eigenvalue weighted by Gasteiger charge is -2.35. The van der Waals surface area contributed by atoms with E-state index >= 15 is 0 Å². The quantitative estimate of drug-likeness (QED) is 0.622. The molecule has 0 radical (unpaired) electrons. The van der Waals surface area contributed by atoms with E-state index in [1.165, 1.54) is 0 Å². The zero-order valence-corrected chi connectivity index (χ0v) is 18.8. The van der Waals surface area contributed by atoms with Crippen molar-refractivity contribution in [1.29, 1.82) is 0 Å².